The van der Waals surface area contributed by atoms with Gasteiger partial charge in [0.05, 0.1) is 13.7 Å². The summed E-state index contributed by atoms with van der Waals surface area (Å²) in [5.74, 6) is 0.563. The number of amides is 2. The third-order valence-electron chi connectivity index (χ3n) is 3.23. The lowest BCUT2D eigenvalue weighted by atomic mass is 10.1. The summed E-state index contributed by atoms with van der Waals surface area (Å²) >= 11 is 0. The first-order chi connectivity index (χ1) is 11.2. The molecule has 128 valence electrons. The van der Waals surface area contributed by atoms with Gasteiger partial charge in [0.25, 0.3) is 0 Å². The number of ether oxygens (including phenoxy) is 2. The normalized spacial score (nSPS) is 10.0. The molecule has 2 N–H and O–H groups in total. The van der Waals surface area contributed by atoms with Gasteiger partial charge >= 0.3 is 12.0 Å². The van der Waals surface area contributed by atoms with Crippen LogP contribution in [0.1, 0.15) is 39.0 Å². The van der Waals surface area contributed by atoms with Crippen molar-refractivity contribution in [1.29, 1.82) is 0 Å². The Morgan fingerprint density at radius 3 is 2.65 bits per heavy atom. The van der Waals surface area contributed by atoms with Gasteiger partial charge in [-0.2, -0.15) is 0 Å². The van der Waals surface area contributed by atoms with E-state index in [2.05, 4.69) is 10.6 Å². The zero-order valence-corrected chi connectivity index (χ0v) is 13.9. The van der Waals surface area contributed by atoms with E-state index in [1.54, 1.807) is 26.2 Å². The van der Waals surface area contributed by atoms with Crippen LogP contribution in [0.2, 0.25) is 0 Å². The molecule has 6 heteroatoms. The molecule has 0 aliphatic heterocycles. The lowest BCUT2D eigenvalue weighted by Crippen LogP contribution is -2.29. The molecule has 0 heterocycles. The fourth-order valence-electron chi connectivity index (χ4n) is 2.06. The molecule has 6 nitrogen and oxygen atoms in total. The van der Waals surface area contributed by atoms with Gasteiger partial charge in [-0.3, -0.25) is 4.79 Å². The van der Waals surface area contributed by atoms with Crippen molar-refractivity contribution >= 4 is 17.7 Å². The number of nitrogens with one attached hydrogen (secondary N) is 2. The Kier molecular flexibility index (Phi) is 9.28. The van der Waals surface area contributed by atoms with E-state index in [9.17, 15) is 9.59 Å². The smallest absolute Gasteiger partial charge is 0.319 e. The van der Waals surface area contributed by atoms with E-state index >= 15 is 0 Å². The lowest BCUT2D eigenvalue weighted by Gasteiger charge is -2.08. The average molecular weight is 322 g/mol. The topological polar surface area (TPSA) is 76.7 Å². The van der Waals surface area contributed by atoms with Crippen molar-refractivity contribution in [1.82, 2.24) is 5.32 Å². The SMILES string of the molecule is CCOC(=O)CCCCCCNC(=O)Nc1cccc(OC)c1. The van der Waals surface area contributed by atoms with Gasteiger partial charge in [0, 0.05) is 24.7 Å². The number of rotatable bonds is 10. The van der Waals surface area contributed by atoms with Gasteiger partial charge < -0.3 is 20.1 Å². The van der Waals surface area contributed by atoms with Crippen LogP contribution in [-0.2, 0) is 9.53 Å². The Morgan fingerprint density at radius 1 is 1.13 bits per heavy atom. The number of benzene rings is 1. The summed E-state index contributed by atoms with van der Waals surface area (Å²) in [7, 11) is 1.58. The molecule has 1 rings (SSSR count). The summed E-state index contributed by atoms with van der Waals surface area (Å²) in [6, 6.07) is 6.97. The number of hydrogen-bond donors (Lipinski definition) is 2. The average Bonchev–Trinajstić information content (AvgIpc) is 2.54. The second-order valence-electron chi connectivity index (χ2n) is 5.08. The standard InChI is InChI=1S/C17H26N2O4/c1-3-23-16(20)11-6-4-5-7-12-18-17(21)19-14-9-8-10-15(13-14)22-2/h8-10,13H,3-7,11-12H2,1-2H3,(H2,18,19,21). The van der Waals surface area contributed by atoms with Crippen molar-refractivity contribution in [3.63, 3.8) is 0 Å². The summed E-state index contributed by atoms with van der Waals surface area (Å²) in [5.41, 5.74) is 0.691. The minimum absolute atomic E-state index is 0.136. The van der Waals surface area contributed by atoms with E-state index in [1.807, 2.05) is 12.1 Å². The van der Waals surface area contributed by atoms with Crippen molar-refractivity contribution in [2.75, 3.05) is 25.6 Å². The van der Waals surface area contributed by atoms with Gasteiger partial charge in [0.1, 0.15) is 5.75 Å². The second-order valence-corrected chi connectivity index (χ2v) is 5.08. The van der Waals surface area contributed by atoms with Crippen molar-refractivity contribution in [3.05, 3.63) is 24.3 Å². The highest BCUT2D eigenvalue weighted by atomic mass is 16.5. The highest BCUT2D eigenvalue weighted by molar-refractivity contribution is 5.89. The maximum Gasteiger partial charge on any atom is 0.319 e. The quantitative estimate of drug-likeness (QED) is 0.512. The number of anilines is 1. The fourth-order valence-corrected chi connectivity index (χ4v) is 2.06. The summed E-state index contributed by atoms with van der Waals surface area (Å²) in [6.45, 7) is 2.85. The Balaban J connectivity index is 2.07. The van der Waals surface area contributed by atoms with Gasteiger partial charge in [0.15, 0.2) is 0 Å². The van der Waals surface area contributed by atoms with E-state index in [-0.39, 0.29) is 12.0 Å². The second kappa shape index (κ2) is 11.3. The Morgan fingerprint density at radius 2 is 1.91 bits per heavy atom. The summed E-state index contributed by atoms with van der Waals surface area (Å²) in [4.78, 5) is 22.9. The molecule has 0 bridgehead atoms. The molecule has 0 saturated heterocycles. The van der Waals surface area contributed by atoms with Crippen LogP contribution in [0, 0.1) is 0 Å². The molecule has 0 unspecified atom stereocenters. The largest absolute Gasteiger partial charge is 0.497 e. The van der Waals surface area contributed by atoms with Crippen LogP contribution in [0.4, 0.5) is 10.5 Å². The lowest BCUT2D eigenvalue weighted by molar-refractivity contribution is -0.143. The maximum absolute atomic E-state index is 11.7. The molecule has 0 spiro atoms. The Hall–Kier alpha value is -2.24. The minimum Gasteiger partial charge on any atom is -0.497 e. The summed E-state index contributed by atoms with van der Waals surface area (Å²) < 4.78 is 9.96. The molecule has 0 aliphatic rings. The molecule has 0 saturated carbocycles. The van der Waals surface area contributed by atoms with Crippen molar-refractivity contribution in [2.45, 2.75) is 39.0 Å². The zero-order valence-electron chi connectivity index (χ0n) is 13.9. The van der Waals surface area contributed by atoms with Crippen LogP contribution in [0.15, 0.2) is 24.3 Å². The predicted molar refractivity (Wildman–Crippen MR) is 89.7 cm³/mol. The van der Waals surface area contributed by atoms with E-state index in [1.165, 1.54) is 0 Å². The monoisotopic (exact) mass is 322 g/mol. The predicted octanol–water partition coefficient (Wildman–Crippen LogP) is 3.33. The van der Waals surface area contributed by atoms with E-state index in [0.29, 0.717) is 31.0 Å². The van der Waals surface area contributed by atoms with Crippen molar-refractivity contribution in [2.24, 2.45) is 0 Å². The first-order valence-corrected chi connectivity index (χ1v) is 8.00. The number of carbonyl (C=O) groups excluding carboxylic acids is 2. The van der Waals surface area contributed by atoms with Crippen LogP contribution in [0.25, 0.3) is 0 Å². The van der Waals surface area contributed by atoms with E-state index in [0.717, 1.165) is 25.7 Å². The number of hydrogen-bond acceptors (Lipinski definition) is 4. The third-order valence-corrected chi connectivity index (χ3v) is 3.23. The summed E-state index contributed by atoms with van der Waals surface area (Å²) in [5, 5.41) is 5.56. The van der Waals surface area contributed by atoms with Crippen LogP contribution in [0.3, 0.4) is 0 Å². The Bertz CT molecular complexity index is 491. The molecule has 0 atom stereocenters. The van der Waals surface area contributed by atoms with Gasteiger partial charge in [-0.1, -0.05) is 18.9 Å². The van der Waals surface area contributed by atoms with Gasteiger partial charge in [-0.05, 0) is 31.9 Å². The molecule has 0 aliphatic carbocycles. The molecule has 0 fully saturated rings. The van der Waals surface area contributed by atoms with Gasteiger partial charge in [-0.15, -0.1) is 0 Å². The number of urea groups is 1. The molecule has 0 radical (unpaired) electrons. The van der Waals surface area contributed by atoms with Crippen LogP contribution in [0.5, 0.6) is 5.75 Å². The molecular weight excluding hydrogens is 296 g/mol. The first kappa shape index (κ1) is 18.8. The first-order valence-electron chi connectivity index (χ1n) is 8.00. The molecule has 1 aromatic rings. The summed E-state index contributed by atoms with van der Waals surface area (Å²) in [6.07, 6.45) is 4.11. The molecule has 23 heavy (non-hydrogen) atoms. The third kappa shape index (κ3) is 8.70. The number of unbranched alkanes of at least 4 members (excludes halogenated alkanes) is 3. The van der Waals surface area contributed by atoms with Gasteiger partial charge in [-0.25, -0.2) is 4.79 Å². The number of carbonyl (C=O) groups is 2. The van der Waals surface area contributed by atoms with E-state index < -0.39 is 0 Å². The minimum atomic E-state index is -0.232. The van der Waals surface area contributed by atoms with Crippen LogP contribution < -0.4 is 15.4 Å². The number of esters is 1. The molecule has 0 aromatic heterocycles. The molecule has 1 aromatic carbocycles. The van der Waals surface area contributed by atoms with Crippen molar-refractivity contribution in [3.8, 4) is 5.75 Å². The maximum atomic E-state index is 11.7. The highest BCUT2D eigenvalue weighted by Gasteiger charge is 2.03. The fraction of sp³-hybridized carbons (Fsp3) is 0.529. The van der Waals surface area contributed by atoms with Crippen LogP contribution >= 0.6 is 0 Å². The molecular formula is C17H26N2O4. The number of methoxy groups -OCH3 is 1. The Labute approximate surface area is 137 Å². The molecule has 2 amide bonds. The van der Waals surface area contributed by atoms with E-state index in [4.69, 9.17) is 9.47 Å². The highest BCUT2D eigenvalue weighted by Crippen LogP contribution is 2.16. The van der Waals surface area contributed by atoms with Crippen LogP contribution in [-0.4, -0.2) is 32.3 Å². The van der Waals surface area contributed by atoms with Gasteiger partial charge in [0.2, 0.25) is 0 Å². The van der Waals surface area contributed by atoms with Crippen molar-refractivity contribution < 1.29 is 19.1 Å². The zero-order chi connectivity index (χ0) is 16.9.